The molecule has 0 amide bonds. The lowest BCUT2D eigenvalue weighted by molar-refractivity contribution is -0.0523. The number of hydrogen-bond acceptors (Lipinski definition) is 4. The highest BCUT2D eigenvalue weighted by Crippen LogP contribution is 2.31. The first-order valence-corrected chi connectivity index (χ1v) is 9.74. The number of rotatable bonds is 7. The van der Waals surface area contributed by atoms with Gasteiger partial charge in [-0.25, -0.2) is 31.0 Å². The quantitative estimate of drug-likeness (QED) is 0.401. The number of pyridine rings is 1. The Hall–Kier alpha value is -2.67. The number of alkyl halides is 4. The lowest BCUT2D eigenvalue weighted by Gasteiger charge is -2.11. The van der Waals surface area contributed by atoms with Crippen molar-refractivity contribution in [3.8, 4) is 5.75 Å². The van der Waals surface area contributed by atoms with Gasteiger partial charge in [-0.3, -0.25) is 4.72 Å². The monoisotopic (exact) mass is 473 g/mol. The molecule has 0 radical (unpaired) electrons. The summed E-state index contributed by atoms with van der Waals surface area (Å²) in [7, 11) is -4.64. The molecule has 0 aliphatic heterocycles. The summed E-state index contributed by atoms with van der Waals surface area (Å²) < 4.78 is 110. The van der Waals surface area contributed by atoms with E-state index in [1.165, 1.54) is 12.1 Å². The molecular weight excluding hydrogens is 464 g/mol. The van der Waals surface area contributed by atoms with Gasteiger partial charge in [-0.15, -0.1) is 0 Å². The fourth-order valence-corrected chi connectivity index (χ4v) is 4.02. The molecule has 0 aliphatic rings. The van der Waals surface area contributed by atoms with Crippen LogP contribution in [-0.4, -0.2) is 31.0 Å². The van der Waals surface area contributed by atoms with E-state index in [4.69, 9.17) is 11.6 Å². The van der Waals surface area contributed by atoms with Crippen molar-refractivity contribution in [1.29, 1.82) is 0 Å². The van der Waals surface area contributed by atoms with Crippen LogP contribution in [0, 0.1) is 11.6 Å². The van der Waals surface area contributed by atoms with Gasteiger partial charge in [0.2, 0.25) is 0 Å². The number of nitrogens with zero attached hydrogens (tertiary/aromatic N) is 2. The Kier molecular flexibility index (Phi) is 6.04. The van der Waals surface area contributed by atoms with Gasteiger partial charge in [-0.2, -0.15) is 8.78 Å². The van der Waals surface area contributed by atoms with Crippen molar-refractivity contribution in [2.75, 3.05) is 4.72 Å². The van der Waals surface area contributed by atoms with E-state index in [2.05, 4.69) is 9.72 Å². The van der Waals surface area contributed by atoms with Crippen molar-refractivity contribution in [2.45, 2.75) is 24.5 Å². The average Bonchev–Trinajstić information content (AvgIpc) is 2.96. The number of benzene rings is 1. The Balaban J connectivity index is 2.04. The molecule has 6 nitrogen and oxygen atoms in total. The lowest BCUT2D eigenvalue weighted by Crippen LogP contribution is -2.15. The van der Waals surface area contributed by atoms with Crippen LogP contribution < -0.4 is 9.46 Å². The average molecular weight is 474 g/mol. The lowest BCUT2D eigenvalue weighted by atomic mass is 10.3. The van der Waals surface area contributed by atoms with E-state index in [-0.39, 0.29) is 22.3 Å². The topological polar surface area (TPSA) is 73.2 Å². The summed E-state index contributed by atoms with van der Waals surface area (Å²) in [5.41, 5.74) is -1.08. The fourth-order valence-electron chi connectivity index (χ4n) is 2.60. The van der Waals surface area contributed by atoms with E-state index in [0.717, 1.165) is 10.8 Å². The van der Waals surface area contributed by atoms with Crippen LogP contribution in [0.3, 0.4) is 0 Å². The second kappa shape index (κ2) is 8.22. The molecule has 0 saturated carbocycles. The number of halogens is 7. The van der Waals surface area contributed by atoms with Crippen molar-refractivity contribution >= 4 is 38.3 Å². The molecule has 162 valence electrons. The van der Waals surface area contributed by atoms with Gasteiger partial charge in [0.05, 0.1) is 12.2 Å². The summed E-state index contributed by atoms with van der Waals surface area (Å²) in [6, 6.07) is 2.96. The van der Waals surface area contributed by atoms with E-state index < -0.39 is 57.6 Å². The van der Waals surface area contributed by atoms with E-state index in [0.29, 0.717) is 6.07 Å². The third-order valence-electron chi connectivity index (χ3n) is 3.76. The maximum Gasteiger partial charge on any atom is 0.387 e. The van der Waals surface area contributed by atoms with Gasteiger partial charge >= 0.3 is 6.61 Å². The highest BCUT2D eigenvalue weighted by molar-refractivity contribution is 7.93. The van der Waals surface area contributed by atoms with Crippen molar-refractivity contribution in [3.63, 3.8) is 0 Å². The molecule has 0 spiro atoms. The van der Waals surface area contributed by atoms with Gasteiger partial charge in [-0.1, -0.05) is 11.6 Å². The van der Waals surface area contributed by atoms with Crippen LogP contribution in [0.15, 0.2) is 35.4 Å². The van der Waals surface area contributed by atoms with Crippen LogP contribution in [0.1, 0.15) is 0 Å². The van der Waals surface area contributed by atoms with Gasteiger partial charge in [0, 0.05) is 23.7 Å². The number of fused-ring (bicyclic) bond motifs is 1. The number of sulfonamides is 1. The summed E-state index contributed by atoms with van der Waals surface area (Å²) in [5.74, 6) is -3.99. The number of aromatic nitrogens is 2. The Morgan fingerprint density at radius 3 is 2.47 bits per heavy atom. The third kappa shape index (κ3) is 4.56. The maximum absolute atomic E-state index is 14.1. The fraction of sp³-hybridized carbons (Fsp3) is 0.188. The summed E-state index contributed by atoms with van der Waals surface area (Å²) in [5, 5.41) is -0.193. The zero-order valence-corrected chi connectivity index (χ0v) is 16.0. The third-order valence-corrected chi connectivity index (χ3v) is 5.36. The first-order valence-electron chi connectivity index (χ1n) is 7.88. The largest absolute Gasteiger partial charge is 0.432 e. The second-order valence-electron chi connectivity index (χ2n) is 5.79. The number of hydrogen-bond donors (Lipinski definition) is 1. The molecule has 3 aromatic rings. The van der Waals surface area contributed by atoms with Crippen LogP contribution in [0.5, 0.6) is 5.75 Å². The summed E-state index contributed by atoms with van der Waals surface area (Å²) in [4.78, 5) is 3.26. The molecule has 0 aliphatic carbocycles. The highest BCUT2D eigenvalue weighted by atomic mass is 35.5. The molecule has 0 atom stereocenters. The van der Waals surface area contributed by atoms with Crippen molar-refractivity contribution in [3.05, 3.63) is 47.2 Å². The van der Waals surface area contributed by atoms with Gasteiger partial charge < -0.3 is 9.30 Å². The van der Waals surface area contributed by atoms with E-state index >= 15 is 0 Å². The standard InChI is InChI=1S/C16H10ClF6N3O3S/c17-13-2-1-7-12(5-26(6-14(20)21)15(7)24-13)30(27,28)25-10-3-9(19)11(4-8(10)18)29-16(22)23/h1-5,14,16,25H,6H2. The van der Waals surface area contributed by atoms with Crippen LogP contribution in [0.25, 0.3) is 11.0 Å². The van der Waals surface area contributed by atoms with Gasteiger partial charge in [0.25, 0.3) is 16.4 Å². The number of ether oxygens (including phenoxy) is 1. The molecule has 2 aromatic heterocycles. The van der Waals surface area contributed by atoms with Crippen molar-refractivity contribution in [1.82, 2.24) is 9.55 Å². The Morgan fingerprint density at radius 1 is 1.13 bits per heavy atom. The Morgan fingerprint density at radius 2 is 1.83 bits per heavy atom. The summed E-state index contributed by atoms with van der Waals surface area (Å²) >= 11 is 5.74. The van der Waals surface area contributed by atoms with E-state index in [9.17, 15) is 34.8 Å². The predicted molar refractivity (Wildman–Crippen MR) is 94.5 cm³/mol. The molecule has 0 unspecified atom stereocenters. The highest BCUT2D eigenvalue weighted by Gasteiger charge is 2.25. The first-order chi connectivity index (χ1) is 14.0. The van der Waals surface area contributed by atoms with Crippen molar-refractivity contribution < 1.29 is 39.5 Å². The molecule has 0 saturated heterocycles. The van der Waals surface area contributed by atoms with Crippen LogP contribution in [0.4, 0.5) is 32.0 Å². The zero-order chi connectivity index (χ0) is 22.2. The summed E-state index contributed by atoms with van der Waals surface area (Å²) in [6.07, 6.45) is -2.01. The summed E-state index contributed by atoms with van der Waals surface area (Å²) in [6.45, 7) is -4.33. The molecule has 0 fully saturated rings. The van der Waals surface area contributed by atoms with Gasteiger partial charge in [0.15, 0.2) is 17.4 Å². The predicted octanol–water partition coefficient (Wildman–Crippen LogP) is 4.64. The van der Waals surface area contributed by atoms with Crippen LogP contribution >= 0.6 is 11.6 Å². The molecule has 30 heavy (non-hydrogen) atoms. The van der Waals surface area contributed by atoms with Crippen LogP contribution in [0.2, 0.25) is 5.15 Å². The second-order valence-corrected chi connectivity index (χ2v) is 7.83. The van der Waals surface area contributed by atoms with E-state index in [1.54, 1.807) is 4.72 Å². The smallest absolute Gasteiger partial charge is 0.387 e. The van der Waals surface area contributed by atoms with Crippen LogP contribution in [-0.2, 0) is 16.6 Å². The molecule has 1 aromatic carbocycles. The molecule has 2 heterocycles. The Bertz CT molecular complexity index is 1200. The minimum absolute atomic E-state index is 0.0873. The van der Waals surface area contributed by atoms with Crippen molar-refractivity contribution in [2.24, 2.45) is 0 Å². The minimum Gasteiger partial charge on any atom is -0.432 e. The molecule has 14 heteroatoms. The molecule has 3 rings (SSSR count). The first kappa shape index (κ1) is 22.0. The SMILES string of the molecule is O=S(=O)(Nc1cc(F)c(OC(F)F)cc1F)c1cn(CC(F)F)c2nc(Cl)ccc12. The minimum atomic E-state index is -4.64. The van der Waals surface area contributed by atoms with Gasteiger partial charge in [0.1, 0.15) is 15.7 Å². The maximum atomic E-state index is 14.1. The van der Waals surface area contributed by atoms with Gasteiger partial charge in [-0.05, 0) is 12.1 Å². The number of nitrogens with one attached hydrogen (secondary N) is 1. The Labute approximate surface area is 170 Å². The normalized spacial score (nSPS) is 12.2. The molecule has 0 bridgehead atoms. The molecule has 1 N–H and O–H groups in total. The number of anilines is 1. The zero-order valence-electron chi connectivity index (χ0n) is 14.4. The molecular formula is C16H10ClF6N3O3S. The van der Waals surface area contributed by atoms with E-state index in [1.807, 2.05) is 0 Å².